The molecule has 0 unspecified atom stereocenters. The number of hydrogen-bond donors (Lipinski definition) is 0. The van der Waals surface area contributed by atoms with Crippen molar-refractivity contribution in [2.24, 2.45) is 4.99 Å². The summed E-state index contributed by atoms with van der Waals surface area (Å²) in [5, 5.41) is 0. The van der Waals surface area contributed by atoms with Gasteiger partial charge in [0.05, 0.1) is 12.9 Å². The number of rotatable bonds is 1. The van der Waals surface area contributed by atoms with E-state index in [-0.39, 0.29) is 0 Å². The Balaban J connectivity index is 0.000000217. The lowest BCUT2D eigenvalue weighted by Gasteiger charge is -2.07. The highest BCUT2D eigenvalue weighted by Crippen LogP contribution is 2.06. The van der Waals surface area contributed by atoms with Crippen molar-refractivity contribution in [1.29, 1.82) is 0 Å². The molecule has 1 aliphatic heterocycles. The van der Waals surface area contributed by atoms with Gasteiger partial charge in [-0.05, 0) is 6.92 Å². The minimum absolute atomic E-state index is 0.994. The van der Waals surface area contributed by atoms with Gasteiger partial charge in [0, 0.05) is 13.1 Å². The minimum Gasteiger partial charge on any atom is -0.418 e. The summed E-state index contributed by atoms with van der Waals surface area (Å²) in [7, 11) is -6.00. The first-order valence-electron chi connectivity index (χ1n) is 3.55. The molecule has 1 heterocycles. The van der Waals surface area contributed by atoms with Gasteiger partial charge < -0.3 is 22.2 Å². The van der Waals surface area contributed by atoms with E-state index >= 15 is 0 Å². The zero-order valence-corrected chi connectivity index (χ0v) is 6.68. The quantitative estimate of drug-likeness (QED) is 0.447. The molecule has 0 amide bonds. The molecule has 0 N–H and O–H groups in total. The highest BCUT2D eigenvalue weighted by Gasteiger charge is 2.20. The van der Waals surface area contributed by atoms with E-state index in [2.05, 4.69) is 16.8 Å². The fraction of sp³-hybridized carbons (Fsp3) is 0.800. The monoisotopic (exact) mass is 185 g/mol. The normalized spacial score (nSPS) is 15.9. The molecule has 0 saturated carbocycles. The lowest BCUT2D eigenvalue weighted by molar-refractivity contribution is 0.368. The van der Waals surface area contributed by atoms with Crippen molar-refractivity contribution < 1.29 is 17.3 Å². The van der Waals surface area contributed by atoms with Gasteiger partial charge in [-0.2, -0.15) is 0 Å². The average molecular weight is 185 g/mol. The van der Waals surface area contributed by atoms with Crippen molar-refractivity contribution in [3.63, 3.8) is 0 Å². The Labute approximate surface area is 68.4 Å². The first-order valence-corrected chi connectivity index (χ1v) is 3.55. The van der Waals surface area contributed by atoms with E-state index in [1.165, 1.54) is 0 Å². The van der Waals surface area contributed by atoms with Crippen LogP contribution in [0.25, 0.3) is 0 Å². The smallest absolute Gasteiger partial charge is 0.418 e. The van der Waals surface area contributed by atoms with Crippen LogP contribution in [-0.4, -0.2) is 38.1 Å². The summed E-state index contributed by atoms with van der Waals surface area (Å²) in [5.41, 5.74) is 0. The molecule has 0 bridgehead atoms. The van der Waals surface area contributed by atoms with Crippen molar-refractivity contribution in [2.45, 2.75) is 6.92 Å². The van der Waals surface area contributed by atoms with E-state index in [0.717, 1.165) is 19.6 Å². The van der Waals surface area contributed by atoms with Crippen LogP contribution < -0.4 is 0 Å². The number of halogens is 4. The minimum atomic E-state index is -6.00. The van der Waals surface area contributed by atoms with Crippen LogP contribution in [0.3, 0.4) is 0 Å². The third-order valence-electron chi connectivity index (χ3n) is 1.17. The van der Waals surface area contributed by atoms with Crippen LogP contribution in [0.5, 0.6) is 0 Å². The first-order chi connectivity index (χ1) is 5.43. The predicted molar refractivity (Wildman–Crippen MR) is 40.8 cm³/mol. The van der Waals surface area contributed by atoms with Gasteiger partial charge in [-0.25, -0.2) is 0 Å². The topological polar surface area (TPSA) is 15.6 Å². The lowest BCUT2D eigenvalue weighted by Crippen LogP contribution is -2.18. The SMILES string of the molecule is CCN1C=NCC1.F[B-](F)(F)F. The van der Waals surface area contributed by atoms with E-state index in [1.807, 2.05) is 6.34 Å². The Morgan fingerprint density at radius 1 is 1.42 bits per heavy atom. The Kier molecular flexibility index (Phi) is 4.69. The van der Waals surface area contributed by atoms with Gasteiger partial charge in [-0.3, -0.25) is 4.99 Å². The van der Waals surface area contributed by atoms with Gasteiger partial charge in [-0.1, -0.05) is 0 Å². The fourth-order valence-electron chi connectivity index (χ4n) is 0.657. The van der Waals surface area contributed by atoms with Crippen molar-refractivity contribution in [3.05, 3.63) is 0 Å². The molecule has 2 nitrogen and oxygen atoms in total. The van der Waals surface area contributed by atoms with Crippen LogP contribution in [0.4, 0.5) is 17.3 Å². The third-order valence-corrected chi connectivity index (χ3v) is 1.17. The van der Waals surface area contributed by atoms with E-state index in [0.29, 0.717) is 0 Å². The number of hydrogen-bond acceptors (Lipinski definition) is 2. The molecule has 7 heteroatoms. The summed E-state index contributed by atoms with van der Waals surface area (Å²) in [5.74, 6) is 0. The molecular weight excluding hydrogens is 175 g/mol. The summed E-state index contributed by atoms with van der Waals surface area (Å²) >= 11 is 0. The molecule has 0 atom stereocenters. The van der Waals surface area contributed by atoms with Gasteiger partial charge in [0.15, 0.2) is 0 Å². The second-order valence-corrected chi connectivity index (χ2v) is 2.15. The molecule has 0 aliphatic carbocycles. The second-order valence-electron chi connectivity index (χ2n) is 2.15. The summed E-state index contributed by atoms with van der Waals surface area (Å²) < 4.78 is 39.0. The molecule has 1 aliphatic rings. The number of likely N-dealkylation sites (N-methyl/N-ethyl adjacent to an activating group) is 1. The van der Waals surface area contributed by atoms with Crippen LogP contribution in [0.15, 0.2) is 4.99 Å². The molecule has 0 fully saturated rings. The molecule has 0 aromatic carbocycles. The van der Waals surface area contributed by atoms with Gasteiger partial charge in [0.25, 0.3) is 0 Å². The zero-order chi connectivity index (χ0) is 9.61. The molecule has 72 valence electrons. The fourth-order valence-corrected chi connectivity index (χ4v) is 0.657. The summed E-state index contributed by atoms with van der Waals surface area (Å²) in [4.78, 5) is 6.23. The molecule has 1 rings (SSSR count). The van der Waals surface area contributed by atoms with Crippen molar-refractivity contribution in [1.82, 2.24) is 4.90 Å². The average Bonchev–Trinajstić information content (AvgIpc) is 2.33. The molecule has 0 aromatic rings. The highest BCUT2D eigenvalue weighted by atomic mass is 19.5. The second kappa shape index (κ2) is 5.00. The van der Waals surface area contributed by atoms with Gasteiger partial charge in [-0.15, -0.1) is 0 Å². The first kappa shape index (κ1) is 11.3. The molecule has 0 aromatic heterocycles. The lowest BCUT2D eigenvalue weighted by atomic mass is 10.3. The van der Waals surface area contributed by atoms with Crippen LogP contribution in [0.1, 0.15) is 6.92 Å². The standard InChI is InChI=1S/C5H10N2.BF4/c1-2-7-4-3-6-5-7;2-1(3,4)5/h5H,2-4H2,1H3;/q;-1. The Hall–Kier alpha value is -0.745. The molecule has 0 radical (unpaired) electrons. The van der Waals surface area contributed by atoms with Crippen molar-refractivity contribution >= 4 is 13.6 Å². The summed E-state index contributed by atoms with van der Waals surface area (Å²) in [6.07, 6.45) is 1.92. The van der Waals surface area contributed by atoms with E-state index in [1.54, 1.807) is 0 Å². The van der Waals surface area contributed by atoms with Crippen LogP contribution in [0, 0.1) is 0 Å². The van der Waals surface area contributed by atoms with E-state index in [9.17, 15) is 17.3 Å². The van der Waals surface area contributed by atoms with Crippen LogP contribution in [0.2, 0.25) is 0 Å². The van der Waals surface area contributed by atoms with Gasteiger partial charge in [0.1, 0.15) is 0 Å². The maximum atomic E-state index is 9.75. The predicted octanol–water partition coefficient (Wildman–Crippen LogP) is 1.65. The molecule has 0 spiro atoms. The Morgan fingerprint density at radius 3 is 2.08 bits per heavy atom. The Morgan fingerprint density at radius 2 is 1.92 bits per heavy atom. The summed E-state index contributed by atoms with van der Waals surface area (Å²) in [6, 6.07) is 0. The third kappa shape index (κ3) is 9.25. The van der Waals surface area contributed by atoms with E-state index < -0.39 is 7.25 Å². The highest BCUT2D eigenvalue weighted by molar-refractivity contribution is 6.50. The number of nitrogens with zero attached hydrogens (tertiary/aromatic N) is 2. The van der Waals surface area contributed by atoms with Gasteiger partial charge in [0.2, 0.25) is 0 Å². The largest absolute Gasteiger partial charge is 0.673 e. The maximum Gasteiger partial charge on any atom is 0.673 e. The Bertz CT molecular complexity index is 141. The summed E-state index contributed by atoms with van der Waals surface area (Å²) in [6.45, 7) is 5.35. The van der Waals surface area contributed by atoms with Crippen molar-refractivity contribution in [3.8, 4) is 0 Å². The van der Waals surface area contributed by atoms with Crippen LogP contribution >= 0.6 is 0 Å². The van der Waals surface area contributed by atoms with Crippen molar-refractivity contribution in [2.75, 3.05) is 19.6 Å². The molecule has 12 heavy (non-hydrogen) atoms. The molecule has 0 saturated heterocycles. The molecular formula is C5H10BF4N2-. The van der Waals surface area contributed by atoms with E-state index in [4.69, 9.17) is 0 Å². The maximum absolute atomic E-state index is 9.75. The van der Waals surface area contributed by atoms with Crippen LogP contribution in [-0.2, 0) is 0 Å². The zero-order valence-electron chi connectivity index (χ0n) is 6.68. The van der Waals surface area contributed by atoms with Gasteiger partial charge >= 0.3 is 7.25 Å². The number of aliphatic imine (C=N–C) groups is 1.